The summed E-state index contributed by atoms with van der Waals surface area (Å²) in [5.74, 6) is 1.17. The Balaban J connectivity index is 1.43. The van der Waals surface area contributed by atoms with Crippen LogP contribution in [0.4, 0.5) is 4.79 Å². The van der Waals surface area contributed by atoms with E-state index < -0.39 is 5.60 Å². The number of carbonyl (C=O) groups excluding carboxylic acids is 1. The second-order valence-electron chi connectivity index (χ2n) is 6.98. The quantitative estimate of drug-likeness (QED) is 0.925. The second-order valence-corrected chi connectivity index (χ2v) is 6.98. The van der Waals surface area contributed by atoms with Crippen molar-refractivity contribution in [3.05, 3.63) is 30.1 Å². The third kappa shape index (κ3) is 3.35. The number of hydrogen-bond acceptors (Lipinski definition) is 4. The lowest BCUT2D eigenvalue weighted by molar-refractivity contribution is 0.0269. The molecule has 21 heavy (non-hydrogen) atoms. The summed E-state index contributed by atoms with van der Waals surface area (Å²) in [6.07, 6.45) is 3.45. The zero-order chi connectivity index (χ0) is 15.0. The number of carbonyl (C=O) groups is 1. The molecule has 1 aromatic rings. The summed E-state index contributed by atoms with van der Waals surface area (Å²) in [6.45, 7) is 8.20. The molecule has 1 aliphatic carbocycles. The van der Waals surface area contributed by atoms with Gasteiger partial charge in [-0.15, -0.1) is 0 Å². The first-order chi connectivity index (χ1) is 9.94. The second kappa shape index (κ2) is 5.30. The number of ether oxygens (including phenoxy) is 1. The molecular formula is C16H23N3O2. The number of pyridine rings is 1. The summed E-state index contributed by atoms with van der Waals surface area (Å²) in [5.41, 5.74) is 0.835. The van der Waals surface area contributed by atoms with Crippen LogP contribution in [0, 0.1) is 11.8 Å². The van der Waals surface area contributed by atoms with Gasteiger partial charge >= 0.3 is 6.09 Å². The van der Waals surface area contributed by atoms with Crippen molar-refractivity contribution < 1.29 is 9.53 Å². The zero-order valence-corrected chi connectivity index (χ0v) is 12.9. The number of piperidine rings is 1. The maximum absolute atomic E-state index is 12.0. The molecule has 0 radical (unpaired) electrons. The summed E-state index contributed by atoms with van der Waals surface area (Å²) in [7, 11) is 0. The smallest absolute Gasteiger partial charge is 0.410 e. The first-order valence-electron chi connectivity index (χ1n) is 7.54. The van der Waals surface area contributed by atoms with Crippen LogP contribution >= 0.6 is 0 Å². The fourth-order valence-corrected chi connectivity index (χ4v) is 3.04. The van der Waals surface area contributed by atoms with E-state index in [4.69, 9.17) is 4.74 Å². The van der Waals surface area contributed by atoms with Gasteiger partial charge in [-0.05, 0) is 50.3 Å². The molecule has 1 N–H and O–H groups in total. The van der Waals surface area contributed by atoms with Crippen LogP contribution in [0.1, 0.15) is 26.3 Å². The summed E-state index contributed by atoms with van der Waals surface area (Å²) in [4.78, 5) is 17.8. The number of fused-ring (bicyclic) bond motifs is 1. The van der Waals surface area contributed by atoms with Gasteiger partial charge in [0.1, 0.15) is 5.60 Å². The minimum atomic E-state index is -0.414. The van der Waals surface area contributed by atoms with E-state index >= 15 is 0 Å². The Morgan fingerprint density at radius 3 is 2.52 bits per heavy atom. The van der Waals surface area contributed by atoms with Gasteiger partial charge in [0, 0.05) is 38.1 Å². The van der Waals surface area contributed by atoms with E-state index in [1.165, 1.54) is 5.56 Å². The van der Waals surface area contributed by atoms with Crippen LogP contribution in [0.3, 0.4) is 0 Å². The Morgan fingerprint density at radius 1 is 1.33 bits per heavy atom. The average Bonchev–Trinajstić information content (AvgIpc) is 2.87. The van der Waals surface area contributed by atoms with Gasteiger partial charge in [-0.25, -0.2) is 4.79 Å². The molecule has 1 saturated heterocycles. The van der Waals surface area contributed by atoms with Crippen LogP contribution in [0.2, 0.25) is 0 Å². The van der Waals surface area contributed by atoms with E-state index in [0.717, 1.165) is 19.6 Å². The van der Waals surface area contributed by atoms with Crippen molar-refractivity contribution in [1.82, 2.24) is 15.2 Å². The fourth-order valence-electron chi connectivity index (χ4n) is 3.04. The summed E-state index contributed by atoms with van der Waals surface area (Å²) < 4.78 is 5.41. The zero-order valence-electron chi connectivity index (χ0n) is 12.9. The lowest BCUT2D eigenvalue weighted by atomic mass is 10.2. The van der Waals surface area contributed by atoms with Crippen molar-refractivity contribution in [2.45, 2.75) is 39.0 Å². The van der Waals surface area contributed by atoms with E-state index in [0.29, 0.717) is 17.9 Å². The molecule has 0 aromatic carbocycles. The Kier molecular flexibility index (Phi) is 3.61. The van der Waals surface area contributed by atoms with Crippen LogP contribution in [-0.4, -0.2) is 40.7 Å². The first kappa shape index (κ1) is 14.3. The molecule has 1 saturated carbocycles. The molecule has 2 fully saturated rings. The molecule has 2 aliphatic rings. The summed E-state index contributed by atoms with van der Waals surface area (Å²) in [6, 6.07) is 4.59. The van der Waals surface area contributed by atoms with Gasteiger partial charge in [-0.3, -0.25) is 4.98 Å². The number of amides is 1. The molecule has 2 unspecified atom stereocenters. The van der Waals surface area contributed by atoms with Crippen LogP contribution < -0.4 is 5.32 Å². The highest BCUT2D eigenvalue weighted by molar-refractivity contribution is 5.69. The van der Waals surface area contributed by atoms with E-state index in [-0.39, 0.29) is 6.09 Å². The number of rotatable bonds is 3. The normalized spacial score (nSPS) is 27.4. The van der Waals surface area contributed by atoms with Crippen molar-refractivity contribution in [1.29, 1.82) is 0 Å². The summed E-state index contributed by atoms with van der Waals surface area (Å²) in [5, 5.41) is 3.58. The molecule has 1 amide bonds. The molecule has 1 aliphatic heterocycles. The standard InChI is InChI=1S/C16H23N3O2/c1-16(2,3)21-15(20)19-9-12-13(10-19)14(12)18-8-11-4-6-17-7-5-11/h4-7,12-14,18H,8-10H2,1-3H3. The molecule has 0 bridgehead atoms. The predicted octanol–water partition coefficient (Wildman–Crippen LogP) is 2.04. The van der Waals surface area contributed by atoms with Crippen LogP contribution in [0.5, 0.6) is 0 Å². The number of nitrogens with one attached hydrogen (secondary N) is 1. The Bertz CT molecular complexity index is 500. The van der Waals surface area contributed by atoms with Gasteiger partial charge in [0.05, 0.1) is 0 Å². The highest BCUT2D eigenvalue weighted by Crippen LogP contribution is 2.45. The molecule has 5 nitrogen and oxygen atoms in total. The maximum atomic E-state index is 12.0. The van der Waals surface area contributed by atoms with Crippen LogP contribution in [-0.2, 0) is 11.3 Å². The van der Waals surface area contributed by atoms with Crippen molar-refractivity contribution >= 4 is 6.09 Å². The molecule has 5 heteroatoms. The Labute approximate surface area is 125 Å². The minimum absolute atomic E-state index is 0.178. The lowest BCUT2D eigenvalue weighted by Gasteiger charge is -2.26. The van der Waals surface area contributed by atoms with Crippen LogP contribution in [0.15, 0.2) is 24.5 Å². The highest BCUT2D eigenvalue weighted by atomic mass is 16.6. The fraction of sp³-hybridized carbons (Fsp3) is 0.625. The molecule has 114 valence electrons. The van der Waals surface area contributed by atoms with Gasteiger partial charge in [0.15, 0.2) is 0 Å². The van der Waals surface area contributed by atoms with E-state index in [2.05, 4.69) is 10.3 Å². The van der Waals surface area contributed by atoms with Crippen molar-refractivity contribution in [2.24, 2.45) is 11.8 Å². The third-order valence-electron chi connectivity index (χ3n) is 4.14. The largest absolute Gasteiger partial charge is 0.444 e. The van der Waals surface area contributed by atoms with Crippen molar-refractivity contribution in [2.75, 3.05) is 13.1 Å². The van der Waals surface area contributed by atoms with Crippen molar-refractivity contribution in [3.63, 3.8) is 0 Å². The lowest BCUT2D eigenvalue weighted by Crippen LogP contribution is -2.39. The number of aromatic nitrogens is 1. The number of hydrogen-bond donors (Lipinski definition) is 1. The molecule has 2 atom stereocenters. The minimum Gasteiger partial charge on any atom is -0.444 e. The molecule has 0 spiro atoms. The van der Waals surface area contributed by atoms with E-state index in [1.807, 2.05) is 50.2 Å². The van der Waals surface area contributed by atoms with Gasteiger partial charge in [-0.1, -0.05) is 0 Å². The Morgan fingerprint density at radius 2 is 1.95 bits per heavy atom. The predicted molar refractivity (Wildman–Crippen MR) is 79.7 cm³/mol. The summed E-state index contributed by atoms with van der Waals surface area (Å²) >= 11 is 0. The highest BCUT2D eigenvalue weighted by Gasteiger charge is 2.56. The molecule has 2 heterocycles. The topological polar surface area (TPSA) is 54.5 Å². The monoisotopic (exact) mass is 289 g/mol. The van der Waals surface area contributed by atoms with Crippen molar-refractivity contribution in [3.8, 4) is 0 Å². The first-order valence-corrected chi connectivity index (χ1v) is 7.54. The number of likely N-dealkylation sites (tertiary alicyclic amines) is 1. The van der Waals surface area contributed by atoms with E-state index in [9.17, 15) is 4.79 Å². The molecule has 3 rings (SSSR count). The molecule has 1 aromatic heterocycles. The van der Waals surface area contributed by atoms with Gasteiger partial charge in [0.2, 0.25) is 0 Å². The van der Waals surface area contributed by atoms with Gasteiger partial charge in [-0.2, -0.15) is 0 Å². The average molecular weight is 289 g/mol. The SMILES string of the molecule is CC(C)(C)OC(=O)N1CC2C(C1)C2NCc1ccncc1. The van der Waals surface area contributed by atoms with Gasteiger partial charge < -0.3 is 15.0 Å². The molecular weight excluding hydrogens is 266 g/mol. The Hall–Kier alpha value is -1.62. The van der Waals surface area contributed by atoms with Gasteiger partial charge in [0.25, 0.3) is 0 Å². The maximum Gasteiger partial charge on any atom is 0.410 e. The number of nitrogens with zero attached hydrogens (tertiary/aromatic N) is 2. The van der Waals surface area contributed by atoms with Crippen LogP contribution in [0.25, 0.3) is 0 Å². The van der Waals surface area contributed by atoms with E-state index in [1.54, 1.807) is 0 Å². The third-order valence-corrected chi connectivity index (χ3v) is 4.14.